The number of nitrogens with one attached hydrogen (secondary N) is 2. The van der Waals surface area contributed by atoms with Gasteiger partial charge in [-0.1, -0.05) is 0 Å². The van der Waals surface area contributed by atoms with Crippen LogP contribution in [0, 0.1) is 11.8 Å². The fraction of sp³-hybridized carbons (Fsp3) is 1.00. The molecule has 2 N–H and O–H groups in total. The lowest BCUT2D eigenvalue weighted by Crippen LogP contribution is -2.50. The van der Waals surface area contributed by atoms with E-state index < -0.39 is 10.2 Å². The Kier molecular flexibility index (Phi) is 4.09. The van der Waals surface area contributed by atoms with Gasteiger partial charge in [-0.15, -0.1) is 0 Å². The number of hydrogen-bond acceptors (Lipinski definition) is 4. The van der Waals surface area contributed by atoms with E-state index in [2.05, 4.69) is 10.0 Å². The maximum Gasteiger partial charge on any atom is 0.279 e. The third-order valence-corrected chi connectivity index (χ3v) is 6.25. The van der Waals surface area contributed by atoms with Crippen molar-refractivity contribution in [1.82, 2.24) is 14.3 Å². The van der Waals surface area contributed by atoms with Gasteiger partial charge in [0.15, 0.2) is 0 Å². The molecule has 3 fully saturated rings. The highest BCUT2D eigenvalue weighted by Crippen LogP contribution is 2.32. The van der Waals surface area contributed by atoms with E-state index in [1.165, 1.54) is 4.31 Å². The Morgan fingerprint density at radius 3 is 2.63 bits per heavy atom. The Bertz CT molecular complexity index is 408. The van der Waals surface area contributed by atoms with Gasteiger partial charge in [0.1, 0.15) is 0 Å². The molecule has 2 heterocycles. The molecule has 7 heteroatoms. The second kappa shape index (κ2) is 5.65. The van der Waals surface area contributed by atoms with Crippen molar-refractivity contribution in [3.63, 3.8) is 0 Å². The predicted molar refractivity (Wildman–Crippen MR) is 71.9 cm³/mol. The van der Waals surface area contributed by atoms with Crippen LogP contribution in [0.5, 0.6) is 0 Å². The van der Waals surface area contributed by atoms with E-state index in [-0.39, 0.29) is 6.04 Å². The van der Waals surface area contributed by atoms with Crippen LogP contribution in [0.2, 0.25) is 0 Å². The van der Waals surface area contributed by atoms with Gasteiger partial charge >= 0.3 is 0 Å². The smallest absolute Gasteiger partial charge is 0.279 e. The van der Waals surface area contributed by atoms with E-state index >= 15 is 0 Å². The van der Waals surface area contributed by atoms with Crippen molar-refractivity contribution in [2.75, 3.05) is 39.4 Å². The molecule has 0 aromatic rings. The topological polar surface area (TPSA) is 70.7 Å². The summed E-state index contributed by atoms with van der Waals surface area (Å²) in [6.45, 7) is 4.08. The average molecular weight is 289 g/mol. The molecular formula is C12H23N3O3S. The first kappa shape index (κ1) is 13.8. The molecule has 3 aliphatic rings. The lowest BCUT2D eigenvalue weighted by Gasteiger charge is -2.34. The average Bonchev–Trinajstić information content (AvgIpc) is 2.87. The summed E-state index contributed by atoms with van der Waals surface area (Å²) < 4.78 is 34.2. The minimum Gasteiger partial charge on any atom is -0.379 e. The fourth-order valence-electron chi connectivity index (χ4n) is 3.48. The molecule has 6 nitrogen and oxygen atoms in total. The first-order chi connectivity index (χ1) is 9.15. The zero-order chi connectivity index (χ0) is 13.3. The van der Waals surface area contributed by atoms with Gasteiger partial charge in [-0.2, -0.15) is 17.4 Å². The normalized spacial score (nSPS) is 37.2. The van der Waals surface area contributed by atoms with Crippen LogP contribution in [-0.4, -0.2) is 58.2 Å². The first-order valence-electron chi connectivity index (χ1n) is 7.21. The molecule has 1 unspecified atom stereocenters. The molecular weight excluding hydrogens is 266 g/mol. The number of nitrogens with zero attached hydrogens (tertiary/aromatic N) is 1. The quantitative estimate of drug-likeness (QED) is 0.738. The minimum atomic E-state index is -3.33. The zero-order valence-corrected chi connectivity index (χ0v) is 12.0. The van der Waals surface area contributed by atoms with Gasteiger partial charge in [0, 0.05) is 19.1 Å². The van der Waals surface area contributed by atoms with Crippen molar-refractivity contribution in [3.8, 4) is 0 Å². The van der Waals surface area contributed by atoms with Crippen LogP contribution in [0.25, 0.3) is 0 Å². The molecule has 19 heavy (non-hydrogen) atoms. The summed E-state index contributed by atoms with van der Waals surface area (Å²) in [6, 6.07) is 0.106. The number of rotatable bonds is 3. The maximum atomic E-state index is 12.3. The van der Waals surface area contributed by atoms with E-state index in [4.69, 9.17) is 4.74 Å². The van der Waals surface area contributed by atoms with Crippen LogP contribution in [0.3, 0.4) is 0 Å². The maximum absolute atomic E-state index is 12.3. The van der Waals surface area contributed by atoms with Gasteiger partial charge in [-0.25, -0.2) is 0 Å². The van der Waals surface area contributed by atoms with E-state index in [1.807, 2.05) is 0 Å². The molecule has 0 aromatic carbocycles. The van der Waals surface area contributed by atoms with Crippen LogP contribution in [-0.2, 0) is 14.9 Å². The van der Waals surface area contributed by atoms with E-state index in [9.17, 15) is 8.42 Å². The second-order valence-corrected chi connectivity index (χ2v) is 7.52. The zero-order valence-electron chi connectivity index (χ0n) is 11.2. The molecule has 0 amide bonds. The Morgan fingerprint density at radius 1 is 1.11 bits per heavy atom. The summed E-state index contributed by atoms with van der Waals surface area (Å²) in [6.07, 6.45) is 3.07. The van der Waals surface area contributed by atoms with Gasteiger partial charge in [-0.3, -0.25) is 0 Å². The molecule has 2 aliphatic heterocycles. The van der Waals surface area contributed by atoms with Crippen molar-refractivity contribution < 1.29 is 13.2 Å². The highest BCUT2D eigenvalue weighted by Gasteiger charge is 2.36. The summed E-state index contributed by atoms with van der Waals surface area (Å²) in [5, 5.41) is 3.41. The largest absolute Gasteiger partial charge is 0.379 e. The van der Waals surface area contributed by atoms with Crippen molar-refractivity contribution in [1.29, 1.82) is 0 Å². The van der Waals surface area contributed by atoms with Crippen LogP contribution in [0.1, 0.15) is 19.3 Å². The Morgan fingerprint density at radius 2 is 1.84 bits per heavy atom. The lowest BCUT2D eigenvalue weighted by molar-refractivity contribution is 0.0721. The molecule has 110 valence electrons. The molecule has 1 aliphatic carbocycles. The number of ether oxygens (including phenoxy) is 1. The third kappa shape index (κ3) is 3.11. The molecule has 0 aromatic heterocycles. The van der Waals surface area contributed by atoms with Gasteiger partial charge < -0.3 is 10.1 Å². The van der Waals surface area contributed by atoms with Crippen molar-refractivity contribution >= 4 is 10.2 Å². The SMILES string of the molecule is O=S(=O)(NC1CC[C@H]2CNC[C@H]2C1)N1CCOCC1. The van der Waals surface area contributed by atoms with Crippen molar-refractivity contribution in [2.24, 2.45) is 11.8 Å². The summed E-state index contributed by atoms with van der Waals surface area (Å²) in [5.74, 6) is 1.40. The molecule has 0 radical (unpaired) electrons. The van der Waals surface area contributed by atoms with Gasteiger partial charge in [0.25, 0.3) is 10.2 Å². The standard InChI is InChI=1S/C12H23N3O3S/c16-19(17,15-3-5-18-6-4-15)14-12-2-1-10-8-13-9-11(10)7-12/h10-14H,1-9H2/t10-,11+,12?/m0/s1. The molecule has 0 bridgehead atoms. The van der Waals surface area contributed by atoms with Gasteiger partial charge in [0.05, 0.1) is 13.2 Å². The lowest BCUT2D eigenvalue weighted by atomic mass is 9.79. The number of fused-ring (bicyclic) bond motifs is 1. The number of morpholine rings is 1. The van der Waals surface area contributed by atoms with E-state index in [1.54, 1.807) is 0 Å². The molecule has 2 saturated heterocycles. The van der Waals surface area contributed by atoms with E-state index in [0.717, 1.165) is 38.3 Å². The van der Waals surface area contributed by atoms with E-state index in [0.29, 0.717) is 32.2 Å². The summed E-state index contributed by atoms with van der Waals surface area (Å²) in [4.78, 5) is 0. The Hall–Kier alpha value is -0.210. The highest BCUT2D eigenvalue weighted by atomic mass is 32.2. The Balaban J connectivity index is 1.58. The fourth-order valence-corrected chi connectivity index (χ4v) is 4.89. The molecule has 0 spiro atoms. The summed E-state index contributed by atoms with van der Waals surface area (Å²) >= 11 is 0. The molecule has 3 rings (SSSR count). The van der Waals surface area contributed by atoms with Crippen LogP contribution < -0.4 is 10.0 Å². The third-order valence-electron chi connectivity index (χ3n) is 4.58. The van der Waals surface area contributed by atoms with Gasteiger partial charge in [-0.05, 0) is 44.2 Å². The number of hydrogen-bond donors (Lipinski definition) is 2. The molecule has 1 saturated carbocycles. The van der Waals surface area contributed by atoms with Crippen molar-refractivity contribution in [3.05, 3.63) is 0 Å². The Labute approximate surface area is 115 Å². The van der Waals surface area contributed by atoms with Crippen LogP contribution in [0.4, 0.5) is 0 Å². The molecule has 3 atom stereocenters. The minimum absolute atomic E-state index is 0.106. The summed E-state index contributed by atoms with van der Waals surface area (Å²) in [5.41, 5.74) is 0. The second-order valence-electron chi connectivity index (χ2n) is 5.82. The van der Waals surface area contributed by atoms with Crippen molar-refractivity contribution in [2.45, 2.75) is 25.3 Å². The van der Waals surface area contributed by atoms with Crippen LogP contribution >= 0.6 is 0 Å². The first-order valence-corrected chi connectivity index (χ1v) is 8.65. The van der Waals surface area contributed by atoms with Crippen LogP contribution in [0.15, 0.2) is 0 Å². The monoisotopic (exact) mass is 289 g/mol. The van der Waals surface area contributed by atoms with Gasteiger partial charge in [0.2, 0.25) is 0 Å². The summed E-state index contributed by atoms with van der Waals surface area (Å²) in [7, 11) is -3.33. The highest BCUT2D eigenvalue weighted by molar-refractivity contribution is 7.87. The predicted octanol–water partition coefficient (Wildman–Crippen LogP) is -0.459.